The number of nitrogens with zero attached hydrogens (tertiary/aromatic N) is 3. The molecule has 4 heteroatoms. The van der Waals surface area contributed by atoms with E-state index in [1.807, 2.05) is 0 Å². The maximum atomic E-state index is 12.6. The smallest absolute Gasteiger partial charge is 0.236 e. The summed E-state index contributed by atoms with van der Waals surface area (Å²) in [6.45, 7) is 5.74. The largest absolute Gasteiger partial charge is 0.342 e. The summed E-state index contributed by atoms with van der Waals surface area (Å²) in [6, 6.07) is 8.99. The molecule has 0 bridgehead atoms. The van der Waals surface area contributed by atoms with Crippen molar-refractivity contribution >= 4 is 5.91 Å². The summed E-state index contributed by atoms with van der Waals surface area (Å²) in [6.07, 6.45) is 7.06. The van der Waals surface area contributed by atoms with Gasteiger partial charge in [0.2, 0.25) is 5.91 Å². The average molecular weight is 341 g/mol. The van der Waals surface area contributed by atoms with Crippen LogP contribution in [0.1, 0.15) is 43.2 Å². The summed E-state index contributed by atoms with van der Waals surface area (Å²) in [5.41, 5.74) is 3.24. The number of likely N-dealkylation sites (N-methyl/N-ethyl adjacent to an activating group) is 1. The van der Waals surface area contributed by atoms with Crippen LogP contribution in [0.15, 0.2) is 24.3 Å². The molecular weight excluding hydrogens is 310 g/mol. The van der Waals surface area contributed by atoms with E-state index in [2.05, 4.69) is 46.0 Å². The van der Waals surface area contributed by atoms with Crippen LogP contribution in [0.2, 0.25) is 0 Å². The van der Waals surface area contributed by atoms with E-state index in [1.54, 1.807) is 0 Å². The first-order chi connectivity index (χ1) is 12.2. The number of likely N-dealkylation sites (tertiary alicyclic amines) is 2. The zero-order valence-electron chi connectivity index (χ0n) is 15.5. The number of hydrogen-bond donors (Lipinski definition) is 0. The second kappa shape index (κ2) is 7.08. The number of carbonyl (C=O) groups excluding carboxylic acids is 1. The second-order valence-corrected chi connectivity index (χ2v) is 8.08. The van der Waals surface area contributed by atoms with Crippen LogP contribution in [-0.4, -0.2) is 66.9 Å². The van der Waals surface area contributed by atoms with Gasteiger partial charge in [0.15, 0.2) is 0 Å². The third-order valence-electron chi connectivity index (χ3n) is 6.72. The highest BCUT2D eigenvalue weighted by molar-refractivity contribution is 5.78. The van der Waals surface area contributed by atoms with Crippen molar-refractivity contribution in [3.05, 3.63) is 35.4 Å². The van der Waals surface area contributed by atoms with Crippen LogP contribution >= 0.6 is 0 Å². The Morgan fingerprint density at radius 2 is 1.72 bits per heavy atom. The molecule has 0 N–H and O–H groups in total. The van der Waals surface area contributed by atoms with E-state index in [0.29, 0.717) is 12.5 Å². The van der Waals surface area contributed by atoms with Crippen LogP contribution in [0.4, 0.5) is 0 Å². The normalized spacial score (nSPS) is 24.3. The maximum Gasteiger partial charge on any atom is 0.236 e. The summed E-state index contributed by atoms with van der Waals surface area (Å²) in [5.74, 6) is 0.341. The minimum Gasteiger partial charge on any atom is -0.342 e. The van der Waals surface area contributed by atoms with Crippen molar-refractivity contribution in [1.82, 2.24) is 14.7 Å². The van der Waals surface area contributed by atoms with Crippen LogP contribution in [0.3, 0.4) is 0 Å². The molecule has 3 heterocycles. The van der Waals surface area contributed by atoms with Gasteiger partial charge in [-0.3, -0.25) is 14.6 Å². The second-order valence-electron chi connectivity index (χ2n) is 8.08. The van der Waals surface area contributed by atoms with Gasteiger partial charge in [0.1, 0.15) is 0 Å². The van der Waals surface area contributed by atoms with Gasteiger partial charge in [-0.05, 0) is 56.7 Å². The van der Waals surface area contributed by atoms with Gasteiger partial charge < -0.3 is 4.90 Å². The van der Waals surface area contributed by atoms with Crippen molar-refractivity contribution in [2.75, 3.05) is 46.3 Å². The summed E-state index contributed by atoms with van der Waals surface area (Å²) in [5, 5.41) is 0. The van der Waals surface area contributed by atoms with Crippen LogP contribution in [0.5, 0.6) is 0 Å². The summed E-state index contributed by atoms with van der Waals surface area (Å²) in [4.78, 5) is 19.6. The number of benzene rings is 1. The lowest BCUT2D eigenvalue weighted by molar-refractivity contribution is -0.134. The number of amides is 1. The number of piperidine rings is 2. The van der Waals surface area contributed by atoms with Gasteiger partial charge in [-0.2, -0.15) is 0 Å². The molecule has 4 nitrogen and oxygen atoms in total. The molecule has 0 saturated carbocycles. The first-order valence-corrected chi connectivity index (χ1v) is 9.99. The predicted octanol–water partition coefficient (Wildman–Crippen LogP) is 2.48. The van der Waals surface area contributed by atoms with E-state index >= 15 is 0 Å². The highest BCUT2D eigenvalue weighted by Gasteiger charge is 2.43. The SMILES string of the molecule is CN1CCc2ccccc2C12CCN(CC(=O)N1CCCCC1)CC2. The maximum absolute atomic E-state index is 12.6. The molecule has 4 rings (SSSR count). The molecule has 0 unspecified atom stereocenters. The minimum absolute atomic E-state index is 0.180. The van der Waals surface area contributed by atoms with Gasteiger partial charge in [-0.25, -0.2) is 0 Å². The standard InChI is InChI=1S/C21H31N3O/c1-22-14-9-18-7-3-4-8-19(18)21(22)10-15-23(16-11-21)17-20(25)24-12-5-2-6-13-24/h3-4,7-8H,2,5-6,9-17H2,1H3. The Morgan fingerprint density at radius 3 is 2.48 bits per heavy atom. The molecule has 3 aliphatic rings. The van der Waals surface area contributed by atoms with Crippen LogP contribution in [0.25, 0.3) is 0 Å². The van der Waals surface area contributed by atoms with Gasteiger partial charge in [0.05, 0.1) is 6.54 Å². The fourth-order valence-corrected chi connectivity index (χ4v) is 5.07. The highest BCUT2D eigenvalue weighted by Crippen LogP contribution is 2.42. The zero-order chi connectivity index (χ0) is 17.3. The average Bonchev–Trinajstić information content (AvgIpc) is 2.67. The van der Waals surface area contributed by atoms with Crippen LogP contribution < -0.4 is 0 Å². The van der Waals surface area contributed by atoms with Gasteiger partial charge in [-0.1, -0.05) is 24.3 Å². The van der Waals surface area contributed by atoms with Gasteiger partial charge in [-0.15, -0.1) is 0 Å². The Kier molecular flexibility index (Phi) is 4.83. The molecule has 0 radical (unpaired) electrons. The van der Waals surface area contributed by atoms with E-state index in [1.165, 1.54) is 30.4 Å². The monoisotopic (exact) mass is 341 g/mol. The first kappa shape index (κ1) is 17.0. The Morgan fingerprint density at radius 1 is 1.00 bits per heavy atom. The van der Waals surface area contributed by atoms with Crippen molar-refractivity contribution < 1.29 is 4.79 Å². The quantitative estimate of drug-likeness (QED) is 0.827. The molecule has 1 amide bonds. The molecule has 0 aliphatic carbocycles. The molecular formula is C21H31N3O. The Labute approximate surface area is 151 Å². The van der Waals surface area contributed by atoms with Crippen LogP contribution in [0, 0.1) is 0 Å². The molecule has 1 spiro atoms. The van der Waals surface area contributed by atoms with E-state index in [0.717, 1.165) is 52.0 Å². The zero-order valence-corrected chi connectivity index (χ0v) is 15.5. The van der Waals surface area contributed by atoms with Crippen molar-refractivity contribution in [1.29, 1.82) is 0 Å². The lowest BCUT2D eigenvalue weighted by Crippen LogP contribution is -2.55. The number of fused-ring (bicyclic) bond motifs is 2. The van der Waals surface area contributed by atoms with E-state index in [9.17, 15) is 4.79 Å². The minimum atomic E-state index is 0.180. The lowest BCUT2D eigenvalue weighted by Gasteiger charge is -2.51. The van der Waals surface area contributed by atoms with E-state index in [4.69, 9.17) is 0 Å². The molecule has 1 aromatic carbocycles. The highest BCUT2D eigenvalue weighted by atomic mass is 16.2. The van der Waals surface area contributed by atoms with Gasteiger partial charge in [0, 0.05) is 38.3 Å². The predicted molar refractivity (Wildman–Crippen MR) is 101 cm³/mol. The topological polar surface area (TPSA) is 26.8 Å². The van der Waals surface area contributed by atoms with Crippen molar-refractivity contribution in [3.8, 4) is 0 Å². The fraction of sp³-hybridized carbons (Fsp3) is 0.667. The van der Waals surface area contributed by atoms with Crippen molar-refractivity contribution in [3.63, 3.8) is 0 Å². The Bertz CT molecular complexity index is 615. The molecule has 25 heavy (non-hydrogen) atoms. The van der Waals surface area contributed by atoms with Crippen molar-refractivity contribution in [2.45, 2.75) is 44.1 Å². The van der Waals surface area contributed by atoms with Crippen molar-refractivity contribution in [2.24, 2.45) is 0 Å². The molecule has 136 valence electrons. The molecule has 0 aromatic heterocycles. The Hall–Kier alpha value is -1.39. The van der Waals surface area contributed by atoms with Gasteiger partial charge in [0.25, 0.3) is 0 Å². The number of hydrogen-bond acceptors (Lipinski definition) is 3. The molecule has 2 fully saturated rings. The number of rotatable bonds is 2. The summed E-state index contributed by atoms with van der Waals surface area (Å²) >= 11 is 0. The molecule has 1 aromatic rings. The van der Waals surface area contributed by atoms with E-state index in [-0.39, 0.29) is 5.54 Å². The molecule has 0 atom stereocenters. The third-order valence-corrected chi connectivity index (χ3v) is 6.72. The van der Waals surface area contributed by atoms with E-state index < -0.39 is 0 Å². The first-order valence-electron chi connectivity index (χ1n) is 9.99. The summed E-state index contributed by atoms with van der Waals surface area (Å²) in [7, 11) is 2.28. The fourth-order valence-electron chi connectivity index (χ4n) is 5.07. The lowest BCUT2D eigenvalue weighted by atomic mass is 9.74. The summed E-state index contributed by atoms with van der Waals surface area (Å²) < 4.78 is 0. The molecule has 3 aliphatic heterocycles. The third kappa shape index (κ3) is 3.22. The molecule has 2 saturated heterocycles. The van der Waals surface area contributed by atoms with Gasteiger partial charge >= 0.3 is 0 Å². The van der Waals surface area contributed by atoms with Crippen LogP contribution in [-0.2, 0) is 16.8 Å². The number of carbonyl (C=O) groups is 1. The Balaban J connectivity index is 1.42.